The third-order valence-corrected chi connectivity index (χ3v) is 2.25. The largest absolute Gasteiger partial charge is 0.382 e. The number of amides is 1. The van der Waals surface area contributed by atoms with E-state index in [2.05, 4.69) is 5.16 Å². The van der Waals surface area contributed by atoms with Crippen molar-refractivity contribution in [1.29, 1.82) is 5.26 Å². The van der Waals surface area contributed by atoms with Crippen molar-refractivity contribution < 1.29 is 9.63 Å². The highest BCUT2D eigenvalue weighted by Crippen LogP contribution is 2.16. The lowest BCUT2D eigenvalue weighted by atomic mass is 10.1. The van der Waals surface area contributed by atoms with E-state index in [1.165, 1.54) is 0 Å². The normalized spacial score (nSPS) is 18.2. The molecule has 1 aliphatic heterocycles. The molecule has 0 saturated heterocycles. The first-order chi connectivity index (χ1) is 7.81. The Morgan fingerprint density at radius 3 is 2.94 bits per heavy atom. The molecule has 1 heterocycles. The first-order valence-corrected chi connectivity index (χ1v) is 4.78. The van der Waals surface area contributed by atoms with E-state index >= 15 is 0 Å². The molecule has 1 N–H and O–H groups in total. The lowest BCUT2D eigenvalue weighted by Crippen LogP contribution is -2.31. The van der Waals surface area contributed by atoms with Gasteiger partial charge in [0.05, 0.1) is 5.71 Å². The predicted octanol–water partition coefficient (Wildman–Crippen LogP) is 0.777. The van der Waals surface area contributed by atoms with Gasteiger partial charge in [-0.3, -0.25) is 10.1 Å². The highest BCUT2D eigenvalue weighted by atomic mass is 16.6. The van der Waals surface area contributed by atoms with Gasteiger partial charge in [0.15, 0.2) is 6.19 Å². The summed E-state index contributed by atoms with van der Waals surface area (Å²) in [6.45, 7) is 0. The van der Waals surface area contributed by atoms with E-state index in [1.807, 2.05) is 35.6 Å². The molecule has 1 amide bonds. The van der Waals surface area contributed by atoms with Crippen LogP contribution in [0.4, 0.5) is 0 Å². The minimum atomic E-state index is -0.699. The molecule has 0 bridgehead atoms. The Morgan fingerprint density at radius 1 is 1.50 bits per heavy atom. The van der Waals surface area contributed by atoms with Gasteiger partial charge in [0.1, 0.15) is 0 Å². The van der Waals surface area contributed by atoms with Crippen LogP contribution in [-0.2, 0) is 9.63 Å². The quantitative estimate of drug-likeness (QED) is 0.585. The van der Waals surface area contributed by atoms with E-state index in [1.54, 1.807) is 6.19 Å². The van der Waals surface area contributed by atoms with Crippen LogP contribution in [0, 0.1) is 11.5 Å². The van der Waals surface area contributed by atoms with Crippen molar-refractivity contribution in [3.05, 3.63) is 35.9 Å². The molecular formula is C11H9N3O2. The summed E-state index contributed by atoms with van der Waals surface area (Å²) in [6.07, 6.45) is 1.26. The van der Waals surface area contributed by atoms with Gasteiger partial charge in [-0.2, -0.15) is 5.26 Å². The summed E-state index contributed by atoms with van der Waals surface area (Å²) in [6, 6.07) is 9.47. The van der Waals surface area contributed by atoms with Crippen molar-refractivity contribution in [3.63, 3.8) is 0 Å². The maximum Gasteiger partial charge on any atom is 0.277 e. The molecule has 16 heavy (non-hydrogen) atoms. The average molecular weight is 215 g/mol. The molecule has 0 aliphatic carbocycles. The van der Waals surface area contributed by atoms with Gasteiger partial charge in [0, 0.05) is 6.42 Å². The number of oxime groups is 1. The van der Waals surface area contributed by atoms with E-state index in [0.717, 1.165) is 11.3 Å². The van der Waals surface area contributed by atoms with Crippen molar-refractivity contribution in [3.8, 4) is 6.19 Å². The molecule has 0 spiro atoms. The zero-order valence-electron chi connectivity index (χ0n) is 8.38. The number of hydrogen-bond donors (Lipinski definition) is 1. The molecule has 0 fully saturated rings. The Morgan fingerprint density at radius 2 is 2.25 bits per heavy atom. The van der Waals surface area contributed by atoms with Crippen LogP contribution < -0.4 is 5.32 Å². The number of carbonyl (C=O) groups is 1. The second kappa shape index (κ2) is 4.45. The molecule has 80 valence electrons. The second-order valence-electron chi connectivity index (χ2n) is 3.30. The van der Waals surface area contributed by atoms with Crippen LogP contribution in [-0.4, -0.2) is 17.7 Å². The van der Waals surface area contributed by atoms with Crippen LogP contribution >= 0.6 is 0 Å². The number of nitrogens with zero attached hydrogens (tertiary/aromatic N) is 2. The van der Waals surface area contributed by atoms with Crippen LogP contribution in [0.5, 0.6) is 0 Å². The third kappa shape index (κ3) is 2.01. The highest BCUT2D eigenvalue weighted by molar-refractivity contribution is 6.04. The highest BCUT2D eigenvalue weighted by Gasteiger charge is 2.28. The lowest BCUT2D eigenvalue weighted by molar-refractivity contribution is -0.129. The Hall–Kier alpha value is -2.35. The van der Waals surface area contributed by atoms with Gasteiger partial charge in [0.2, 0.25) is 6.10 Å². The zero-order chi connectivity index (χ0) is 11.4. The maximum absolute atomic E-state index is 11.3. The van der Waals surface area contributed by atoms with Gasteiger partial charge < -0.3 is 4.84 Å². The summed E-state index contributed by atoms with van der Waals surface area (Å²) in [5.74, 6) is -0.461. The molecule has 1 aromatic rings. The SMILES string of the molecule is N#CNC(=O)C1CC(c2ccccc2)=NO1. The van der Waals surface area contributed by atoms with Crippen molar-refractivity contribution >= 4 is 11.6 Å². The maximum atomic E-state index is 11.3. The van der Waals surface area contributed by atoms with Gasteiger partial charge in [-0.05, 0) is 5.56 Å². The van der Waals surface area contributed by atoms with E-state index in [9.17, 15) is 4.79 Å². The van der Waals surface area contributed by atoms with Crippen LogP contribution in [0.25, 0.3) is 0 Å². The van der Waals surface area contributed by atoms with Crippen LogP contribution in [0.2, 0.25) is 0 Å². The summed E-state index contributed by atoms with van der Waals surface area (Å²) >= 11 is 0. The van der Waals surface area contributed by atoms with Gasteiger partial charge in [-0.1, -0.05) is 35.5 Å². The van der Waals surface area contributed by atoms with Crippen LogP contribution in [0.3, 0.4) is 0 Å². The standard InChI is InChI=1S/C11H9N3O2/c12-7-13-11(15)10-6-9(14-16-10)8-4-2-1-3-5-8/h1-5,10H,6H2,(H,13,15). The first-order valence-electron chi connectivity index (χ1n) is 4.78. The summed E-state index contributed by atoms with van der Waals surface area (Å²) in [4.78, 5) is 16.2. The van der Waals surface area contributed by atoms with Gasteiger partial charge in [-0.15, -0.1) is 0 Å². The molecule has 5 nitrogen and oxygen atoms in total. The monoisotopic (exact) mass is 215 g/mol. The van der Waals surface area contributed by atoms with E-state index in [4.69, 9.17) is 10.1 Å². The molecule has 2 rings (SSSR count). The minimum absolute atomic E-state index is 0.386. The van der Waals surface area contributed by atoms with E-state index in [-0.39, 0.29) is 0 Å². The molecule has 0 aromatic heterocycles. The molecular weight excluding hydrogens is 206 g/mol. The molecule has 1 atom stereocenters. The fourth-order valence-corrected chi connectivity index (χ4v) is 1.45. The van der Waals surface area contributed by atoms with Crippen molar-refractivity contribution in [2.45, 2.75) is 12.5 Å². The van der Waals surface area contributed by atoms with E-state index in [0.29, 0.717) is 6.42 Å². The average Bonchev–Trinajstić information content (AvgIpc) is 2.80. The Kier molecular flexibility index (Phi) is 2.83. The lowest BCUT2D eigenvalue weighted by Gasteiger charge is -2.03. The summed E-state index contributed by atoms with van der Waals surface area (Å²) in [7, 11) is 0. The van der Waals surface area contributed by atoms with Crippen molar-refractivity contribution in [2.75, 3.05) is 0 Å². The number of carbonyl (C=O) groups excluding carboxylic acids is 1. The second-order valence-corrected chi connectivity index (χ2v) is 3.30. The van der Waals surface area contributed by atoms with Crippen molar-refractivity contribution in [1.82, 2.24) is 5.32 Å². The smallest absolute Gasteiger partial charge is 0.277 e. The molecule has 5 heteroatoms. The van der Waals surface area contributed by atoms with Gasteiger partial charge in [-0.25, -0.2) is 0 Å². The number of benzene rings is 1. The molecule has 1 unspecified atom stereocenters. The minimum Gasteiger partial charge on any atom is -0.382 e. The topological polar surface area (TPSA) is 74.5 Å². The van der Waals surface area contributed by atoms with Gasteiger partial charge in [0.25, 0.3) is 5.91 Å². The zero-order valence-corrected chi connectivity index (χ0v) is 8.38. The predicted molar refractivity (Wildman–Crippen MR) is 56.2 cm³/mol. The summed E-state index contributed by atoms with van der Waals surface area (Å²) in [5, 5.41) is 14.2. The Labute approximate surface area is 92.3 Å². The molecule has 0 saturated carbocycles. The fourth-order valence-electron chi connectivity index (χ4n) is 1.45. The molecule has 1 aromatic carbocycles. The van der Waals surface area contributed by atoms with Crippen molar-refractivity contribution in [2.24, 2.45) is 5.16 Å². The first kappa shape index (κ1) is 10.2. The van der Waals surface area contributed by atoms with Crippen LogP contribution in [0.1, 0.15) is 12.0 Å². The number of hydrogen-bond acceptors (Lipinski definition) is 4. The Balaban J connectivity index is 2.03. The number of nitriles is 1. The van der Waals surface area contributed by atoms with E-state index < -0.39 is 12.0 Å². The van der Waals surface area contributed by atoms with Crippen LogP contribution in [0.15, 0.2) is 35.5 Å². The number of rotatable bonds is 2. The molecule has 1 aliphatic rings. The van der Waals surface area contributed by atoms with Gasteiger partial charge >= 0.3 is 0 Å². The summed E-state index contributed by atoms with van der Waals surface area (Å²) < 4.78 is 0. The number of nitrogens with one attached hydrogen (secondary N) is 1. The molecule has 0 radical (unpaired) electrons. The fraction of sp³-hybridized carbons (Fsp3) is 0.182. The third-order valence-electron chi connectivity index (χ3n) is 2.25. The summed E-state index contributed by atoms with van der Waals surface area (Å²) in [5.41, 5.74) is 1.65. The Bertz CT molecular complexity index is 462.